The Morgan fingerprint density at radius 3 is 1.53 bits per heavy atom. The molecular weight excluding hydrogens is 451 g/mol. The summed E-state index contributed by atoms with van der Waals surface area (Å²) in [6.45, 7) is 0. The van der Waals surface area contributed by atoms with Crippen LogP contribution in [0.3, 0.4) is 0 Å². The molecule has 1 heterocycles. The minimum absolute atomic E-state index is 0.166. The second kappa shape index (κ2) is 8.07. The van der Waals surface area contributed by atoms with Crippen LogP contribution in [0, 0.1) is 0 Å². The van der Waals surface area contributed by atoms with Crippen LogP contribution in [0.15, 0.2) is 108 Å². The Morgan fingerprint density at radius 2 is 1.07 bits per heavy atom. The van der Waals surface area contributed by atoms with E-state index in [1.807, 2.05) is 66.7 Å². The Balaban J connectivity index is 2.19. The minimum Gasteiger partial charge on any atom is -0.249 e. The van der Waals surface area contributed by atoms with Crippen molar-refractivity contribution in [1.82, 2.24) is 4.98 Å². The first-order chi connectivity index (χ1) is 14.4. The van der Waals surface area contributed by atoms with Gasteiger partial charge in [-0.25, -0.2) is 4.98 Å². The summed E-state index contributed by atoms with van der Waals surface area (Å²) in [5.74, 6) is 0. The van der Waals surface area contributed by atoms with Gasteiger partial charge in [0, 0.05) is 6.20 Å². The molecule has 0 unspecified atom stereocenters. The zero-order valence-corrected chi connectivity index (χ0v) is 17.4. The van der Waals surface area contributed by atoms with Gasteiger partial charge in [-0.15, -0.1) is 0 Å². The van der Waals surface area contributed by atoms with E-state index in [0.29, 0.717) is 10.2 Å². The molecule has 5 heteroatoms. The lowest BCUT2D eigenvalue weighted by molar-refractivity contribution is -0.138. The van der Waals surface area contributed by atoms with E-state index >= 15 is 0 Å². The zero-order chi connectivity index (χ0) is 21.2. The highest BCUT2D eigenvalue weighted by Gasteiger charge is 2.45. The summed E-state index contributed by atoms with van der Waals surface area (Å²) in [5, 5.41) is 0. The van der Waals surface area contributed by atoms with Crippen molar-refractivity contribution in [3.05, 3.63) is 136 Å². The molecule has 1 aromatic heterocycles. The van der Waals surface area contributed by atoms with Gasteiger partial charge in [-0.1, -0.05) is 84.9 Å². The molecule has 1 nitrogen and oxygen atoms in total. The van der Waals surface area contributed by atoms with Gasteiger partial charge in [-0.05, 0) is 50.3 Å². The van der Waals surface area contributed by atoms with E-state index in [1.165, 1.54) is 6.07 Å². The number of hydrogen-bond donors (Lipinski definition) is 0. The lowest BCUT2D eigenvalue weighted by Gasteiger charge is -2.38. The average molecular weight is 468 g/mol. The second-order valence-electron chi connectivity index (χ2n) is 6.89. The monoisotopic (exact) mass is 467 g/mol. The van der Waals surface area contributed by atoms with Crippen molar-refractivity contribution in [2.24, 2.45) is 0 Å². The van der Waals surface area contributed by atoms with E-state index < -0.39 is 17.2 Å². The lowest BCUT2D eigenvalue weighted by Crippen LogP contribution is -2.33. The quantitative estimate of drug-likeness (QED) is 0.227. The van der Waals surface area contributed by atoms with Crippen LogP contribution in [0.4, 0.5) is 13.2 Å². The van der Waals surface area contributed by atoms with Gasteiger partial charge in [0.25, 0.3) is 0 Å². The molecule has 0 aliphatic carbocycles. The van der Waals surface area contributed by atoms with Crippen LogP contribution >= 0.6 is 15.9 Å². The van der Waals surface area contributed by atoms with Crippen LogP contribution in [0.2, 0.25) is 0 Å². The molecule has 150 valence electrons. The van der Waals surface area contributed by atoms with Gasteiger partial charge in [-0.3, -0.25) is 0 Å². The van der Waals surface area contributed by atoms with E-state index in [9.17, 15) is 13.2 Å². The molecule has 0 aliphatic heterocycles. The number of aromatic nitrogens is 1. The van der Waals surface area contributed by atoms with Gasteiger partial charge in [0.05, 0.1) is 11.0 Å². The molecule has 4 rings (SSSR count). The Morgan fingerprint density at radius 1 is 0.567 bits per heavy atom. The summed E-state index contributed by atoms with van der Waals surface area (Å²) < 4.78 is 43.1. The van der Waals surface area contributed by atoms with Crippen LogP contribution in [-0.2, 0) is 11.6 Å². The van der Waals surface area contributed by atoms with Crippen LogP contribution in [-0.4, -0.2) is 4.98 Å². The van der Waals surface area contributed by atoms with Crippen LogP contribution in [0.5, 0.6) is 0 Å². The average Bonchev–Trinajstić information content (AvgIpc) is 2.77. The number of benzene rings is 3. The highest BCUT2D eigenvalue weighted by molar-refractivity contribution is 9.10. The van der Waals surface area contributed by atoms with Crippen molar-refractivity contribution < 1.29 is 13.2 Å². The predicted octanol–water partition coefficient (Wildman–Crippen LogP) is 7.25. The molecular formula is C25H17BrF3N. The fourth-order valence-electron chi connectivity index (χ4n) is 4.00. The van der Waals surface area contributed by atoms with Crippen molar-refractivity contribution in [2.75, 3.05) is 0 Å². The number of nitrogens with zero attached hydrogens (tertiary/aromatic N) is 1. The van der Waals surface area contributed by atoms with E-state index in [2.05, 4.69) is 20.9 Å². The smallest absolute Gasteiger partial charge is 0.249 e. The molecule has 4 aromatic rings. The maximum absolute atomic E-state index is 14.2. The maximum Gasteiger partial charge on any atom is 0.416 e. The van der Waals surface area contributed by atoms with Crippen molar-refractivity contribution in [3.8, 4) is 0 Å². The van der Waals surface area contributed by atoms with E-state index in [1.54, 1.807) is 24.4 Å². The molecule has 0 saturated carbocycles. The molecule has 0 bridgehead atoms. The third-order valence-corrected chi connectivity index (χ3v) is 5.68. The van der Waals surface area contributed by atoms with Crippen molar-refractivity contribution in [3.63, 3.8) is 0 Å². The Labute approximate surface area is 181 Å². The van der Waals surface area contributed by atoms with Crippen molar-refractivity contribution in [2.45, 2.75) is 11.6 Å². The van der Waals surface area contributed by atoms with Gasteiger partial charge in [0.2, 0.25) is 0 Å². The van der Waals surface area contributed by atoms with E-state index in [-0.39, 0.29) is 5.56 Å². The summed E-state index contributed by atoms with van der Waals surface area (Å²) in [6, 6.07) is 27.9. The van der Waals surface area contributed by atoms with Crippen LogP contribution in [0.25, 0.3) is 0 Å². The third-order valence-electron chi connectivity index (χ3n) is 5.21. The summed E-state index contributed by atoms with van der Waals surface area (Å²) in [7, 11) is 0. The van der Waals surface area contributed by atoms with Gasteiger partial charge in [0.15, 0.2) is 0 Å². The van der Waals surface area contributed by atoms with Crippen LogP contribution < -0.4 is 0 Å². The number of hydrogen-bond acceptors (Lipinski definition) is 1. The fourth-order valence-corrected chi connectivity index (χ4v) is 4.23. The number of halogens is 4. The number of alkyl halides is 3. The molecule has 0 saturated heterocycles. The first-order valence-corrected chi connectivity index (χ1v) is 10.1. The van der Waals surface area contributed by atoms with Crippen molar-refractivity contribution >= 4 is 15.9 Å². The molecule has 3 aromatic carbocycles. The SMILES string of the molecule is FC(F)(F)c1ccccc1C(c1ccccc1)(c1ccccc1)c1ccc(Br)nc1. The molecule has 0 spiro atoms. The molecule has 0 radical (unpaired) electrons. The molecule has 0 N–H and O–H groups in total. The van der Waals surface area contributed by atoms with E-state index in [4.69, 9.17) is 0 Å². The zero-order valence-electron chi connectivity index (χ0n) is 15.8. The fraction of sp³-hybridized carbons (Fsp3) is 0.0800. The Bertz CT molecular complexity index is 1080. The number of pyridine rings is 1. The summed E-state index contributed by atoms with van der Waals surface area (Å²) in [6.07, 6.45) is -2.87. The Hall–Kier alpha value is -2.92. The highest BCUT2D eigenvalue weighted by Crippen LogP contribution is 2.49. The maximum atomic E-state index is 14.2. The summed E-state index contributed by atoms with van der Waals surface area (Å²) in [5.41, 5.74) is 0.427. The van der Waals surface area contributed by atoms with E-state index in [0.717, 1.165) is 17.2 Å². The van der Waals surface area contributed by atoms with Gasteiger partial charge in [0.1, 0.15) is 4.60 Å². The third kappa shape index (κ3) is 3.54. The molecule has 0 fully saturated rings. The normalized spacial score (nSPS) is 12.0. The van der Waals surface area contributed by atoms with Gasteiger partial charge < -0.3 is 0 Å². The minimum atomic E-state index is -4.51. The first-order valence-electron chi connectivity index (χ1n) is 9.34. The second-order valence-corrected chi connectivity index (χ2v) is 7.71. The van der Waals surface area contributed by atoms with Gasteiger partial charge >= 0.3 is 6.18 Å². The van der Waals surface area contributed by atoms with Crippen LogP contribution in [0.1, 0.15) is 27.8 Å². The molecule has 0 aliphatic rings. The first kappa shape index (κ1) is 20.4. The standard InChI is InChI=1S/C25H17BrF3N/c26-23-16-15-20(17-30-23)24(18-9-3-1-4-10-18,19-11-5-2-6-12-19)21-13-7-8-14-22(21)25(27,28)29/h1-17H. The lowest BCUT2D eigenvalue weighted by atomic mass is 9.64. The molecule has 0 amide bonds. The van der Waals surface area contributed by atoms with Crippen molar-refractivity contribution in [1.29, 1.82) is 0 Å². The highest BCUT2D eigenvalue weighted by atomic mass is 79.9. The summed E-state index contributed by atoms with van der Waals surface area (Å²) in [4.78, 5) is 4.35. The Kier molecular flexibility index (Phi) is 5.48. The number of rotatable bonds is 4. The molecule has 0 atom stereocenters. The predicted molar refractivity (Wildman–Crippen MR) is 115 cm³/mol. The van der Waals surface area contributed by atoms with Gasteiger partial charge in [-0.2, -0.15) is 13.2 Å². The topological polar surface area (TPSA) is 12.9 Å². The summed E-state index contributed by atoms with van der Waals surface area (Å²) >= 11 is 3.34. The molecule has 30 heavy (non-hydrogen) atoms. The largest absolute Gasteiger partial charge is 0.416 e.